The van der Waals surface area contributed by atoms with Crippen molar-refractivity contribution in [3.63, 3.8) is 0 Å². The highest BCUT2D eigenvalue weighted by Gasteiger charge is 2.19. The Morgan fingerprint density at radius 1 is 1.20 bits per heavy atom. The third kappa shape index (κ3) is 4.54. The Morgan fingerprint density at radius 2 is 1.80 bits per heavy atom. The van der Waals surface area contributed by atoms with E-state index in [9.17, 15) is 0 Å². The van der Waals surface area contributed by atoms with Gasteiger partial charge in [0.05, 0.1) is 6.04 Å². The molecule has 3 nitrogen and oxygen atoms in total. The standard InChI is InChI=1S/C12H25N3/c1-9(2)14-12(13)15-10(3)11-7-5-4-6-8-11/h9-11H,4-8H2,1-3H3,(H3,13,14,15). The maximum Gasteiger partial charge on any atom is 0.189 e. The fourth-order valence-electron chi connectivity index (χ4n) is 2.27. The molecule has 3 heteroatoms. The summed E-state index contributed by atoms with van der Waals surface area (Å²) in [5, 5.41) is 3.14. The highest BCUT2D eigenvalue weighted by Crippen LogP contribution is 2.27. The topological polar surface area (TPSA) is 50.4 Å². The fourth-order valence-corrected chi connectivity index (χ4v) is 2.27. The number of nitrogens with two attached hydrogens (primary N) is 1. The van der Waals surface area contributed by atoms with Crippen LogP contribution < -0.4 is 11.1 Å². The SMILES string of the molecule is CC(C)NC(N)=NC(C)C1CCCCC1. The van der Waals surface area contributed by atoms with Crippen LogP contribution in [-0.4, -0.2) is 18.0 Å². The van der Waals surface area contributed by atoms with Crippen LogP contribution in [-0.2, 0) is 0 Å². The molecule has 0 saturated heterocycles. The van der Waals surface area contributed by atoms with Crippen molar-refractivity contribution in [3.8, 4) is 0 Å². The number of nitrogens with zero attached hydrogens (tertiary/aromatic N) is 1. The molecule has 1 saturated carbocycles. The molecule has 15 heavy (non-hydrogen) atoms. The van der Waals surface area contributed by atoms with E-state index in [1.54, 1.807) is 0 Å². The predicted molar refractivity (Wildman–Crippen MR) is 65.9 cm³/mol. The molecule has 0 radical (unpaired) electrons. The van der Waals surface area contributed by atoms with E-state index in [4.69, 9.17) is 5.73 Å². The molecule has 0 aromatic carbocycles. The third-order valence-electron chi connectivity index (χ3n) is 3.11. The Morgan fingerprint density at radius 3 is 2.33 bits per heavy atom. The van der Waals surface area contributed by atoms with Gasteiger partial charge in [0.2, 0.25) is 0 Å². The molecule has 3 N–H and O–H groups in total. The number of rotatable bonds is 3. The maximum atomic E-state index is 5.82. The smallest absolute Gasteiger partial charge is 0.189 e. The summed E-state index contributed by atoms with van der Waals surface area (Å²) < 4.78 is 0. The van der Waals surface area contributed by atoms with Gasteiger partial charge in [0.25, 0.3) is 0 Å². The first kappa shape index (κ1) is 12.3. The molecule has 1 aliphatic carbocycles. The summed E-state index contributed by atoms with van der Waals surface area (Å²) in [6.07, 6.45) is 6.76. The third-order valence-corrected chi connectivity index (χ3v) is 3.11. The van der Waals surface area contributed by atoms with E-state index in [-0.39, 0.29) is 0 Å². The van der Waals surface area contributed by atoms with E-state index < -0.39 is 0 Å². The minimum absolute atomic E-state index is 0.368. The predicted octanol–water partition coefficient (Wildman–Crippen LogP) is 2.27. The Hall–Kier alpha value is -0.730. The number of hydrogen-bond donors (Lipinski definition) is 2. The first-order chi connectivity index (χ1) is 7.09. The zero-order valence-corrected chi connectivity index (χ0v) is 10.3. The van der Waals surface area contributed by atoms with Gasteiger partial charge < -0.3 is 11.1 Å². The summed E-state index contributed by atoms with van der Waals surface area (Å²) in [5.74, 6) is 1.34. The van der Waals surface area contributed by atoms with Crippen molar-refractivity contribution >= 4 is 5.96 Å². The Bertz CT molecular complexity index is 205. The molecule has 0 aliphatic heterocycles. The van der Waals surface area contributed by atoms with Crippen molar-refractivity contribution in [2.24, 2.45) is 16.6 Å². The van der Waals surface area contributed by atoms with Crippen LogP contribution in [0.1, 0.15) is 52.9 Å². The molecule has 1 aliphatic rings. The van der Waals surface area contributed by atoms with Crippen LogP contribution in [0.4, 0.5) is 0 Å². The van der Waals surface area contributed by atoms with Crippen molar-refractivity contribution in [1.29, 1.82) is 0 Å². The second-order valence-corrected chi connectivity index (χ2v) is 4.95. The van der Waals surface area contributed by atoms with Crippen molar-refractivity contribution in [2.75, 3.05) is 0 Å². The highest BCUT2D eigenvalue weighted by molar-refractivity contribution is 5.78. The summed E-state index contributed by atoms with van der Waals surface area (Å²) >= 11 is 0. The van der Waals surface area contributed by atoms with Crippen molar-refractivity contribution < 1.29 is 0 Å². The molecule has 1 rings (SSSR count). The summed E-state index contributed by atoms with van der Waals surface area (Å²) in [6, 6.07) is 0.740. The van der Waals surface area contributed by atoms with E-state index in [0.717, 1.165) is 5.92 Å². The first-order valence-electron chi connectivity index (χ1n) is 6.19. The van der Waals surface area contributed by atoms with Gasteiger partial charge >= 0.3 is 0 Å². The van der Waals surface area contributed by atoms with Gasteiger partial charge in [-0.25, -0.2) is 0 Å². The van der Waals surface area contributed by atoms with Crippen LogP contribution in [0.15, 0.2) is 4.99 Å². The second kappa shape index (κ2) is 5.99. The van der Waals surface area contributed by atoms with Crippen LogP contribution in [0, 0.1) is 5.92 Å². The molecule has 1 unspecified atom stereocenters. The van der Waals surface area contributed by atoms with Gasteiger partial charge in [0, 0.05) is 6.04 Å². The average molecular weight is 211 g/mol. The van der Waals surface area contributed by atoms with Crippen LogP contribution in [0.5, 0.6) is 0 Å². The minimum atomic E-state index is 0.368. The van der Waals surface area contributed by atoms with Gasteiger partial charge in [-0.1, -0.05) is 19.3 Å². The Kier molecular flexibility index (Phi) is 4.92. The molecule has 88 valence electrons. The quantitative estimate of drug-likeness (QED) is 0.556. The monoisotopic (exact) mass is 211 g/mol. The van der Waals surface area contributed by atoms with Gasteiger partial charge in [-0.3, -0.25) is 4.99 Å². The highest BCUT2D eigenvalue weighted by atomic mass is 15.1. The van der Waals surface area contributed by atoms with Gasteiger partial charge in [-0.2, -0.15) is 0 Å². The lowest BCUT2D eigenvalue weighted by Gasteiger charge is -2.25. The van der Waals surface area contributed by atoms with Crippen molar-refractivity contribution in [2.45, 2.75) is 65.0 Å². The number of guanidine groups is 1. The van der Waals surface area contributed by atoms with Gasteiger partial charge in [-0.05, 0) is 39.5 Å². The average Bonchev–Trinajstić information content (AvgIpc) is 2.17. The molecule has 0 aromatic rings. The second-order valence-electron chi connectivity index (χ2n) is 4.95. The van der Waals surface area contributed by atoms with E-state index in [1.165, 1.54) is 32.1 Å². The van der Waals surface area contributed by atoms with Crippen molar-refractivity contribution in [3.05, 3.63) is 0 Å². The van der Waals surface area contributed by atoms with E-state index in [1.807, 2.05) is 0 Å². The van der Waals surface area contributed by atoms with E-state index in [2.05, 4.69) is 31.1 Å². The minimum Gasteiger partial charge on any atom is -0.370 e. The summed E-state index contributed by atoms with van der Waals surface area (Å²) in [6.45, 7) is 6.34. The van der Waals surface area contributed by atoms with E-state index in [0.29, 0.717) is 18.0 Å². The number of hydrogen-bond acceptors (Lipinski definition) is 1. The molecule has 1 atom stereocenters. The van der Waals surface area contributed by atoms with E-state index >= 15 is 0 Å². The molecule has 0 spiro atoms. The van der Waals surface area contributed by atoms with Crippen LogP contribution in [0.3, 0.4) is 0 Å². The summed E-state index contributed by atoms with van der Waals surface area (Å²) in [7, 11) is 0. The lowest BCUT2D eigenvalue weighted by molar-refractivity contribution is 0.317. The molecule has 0 aromatic heterocycles. The Labute approximate surface area is 93.5 Å². The van der Waals surface area contributed by atoms with Crippen LogP contribution in [0.25, 0.3) is 0 Å². The largest absolute Gasteiger partial charge is 0.370 e. The lowest BCUT2D eigenvalue weighted by Crippen LogP contribution is -2.38. The van der Waals surface area contributed by atoms with Crippen molar-refractivity contribution in [1.82, 2.24) is 5.32 Å². The van der Waals surface area contributed by atoms with Crippen LogP contribution >= 0.6 is 0 Å². The molecular weight excluding hydrogens is 186 g/mol. The molecule has 0 heterocycles. The lowest BCUT2D eigenvalue weighted by atomic mass is 9.85. The van der Waals surface area contributed by atoms with Crippen LogP contribution in [0.2, 0.25) is 0 Å². The molecule has 1 fully saturated rings. The maximum absolute atomic E-state index is 5.82. The summed E-state index contributed by atoms with van der Waals surface area (Å²) in [5.41, 5.74) is 5.82. The fraction of sp³-hybridized carbons (Fsp3) is 0.917. The zero-order valence-electron chi connectivity index (χ0n) is 10.3. The normalized spacial score (nSPS) is 21.7. The van der Waals surface area contributed by atoms with Gasteiger partial charge in [0.15, 0.2) is 5.96 Å². The van der Waals surface area contributed by atoms with Gasteiger partial charge in [0.1, 0.15) is 0 Å². The number of nitrogens with one attached hydrogen (secondary N) is 1. The first-order valence-corrected chi connectivity index (χ1v) is 6.19. The van der Waals surface area contributed by atoms with Gasteiger partial charge in [-0.15, -0.1) is 0 Å². The molecular formula is C12H25N3. The number of aliphatic imine (C=N–C) groups is 1. The summed E-state index contributed by atoms with van der Waals surface area (Å²) in [4.78, 5) is 4.52. The zero-order chi connectivity index (χ0) is 11.3. The molecule has 0 amide bonds. The molecule has 0 bridgehead atoms. The Balaban J connectivity index is 2.41.